The Morgan fingerprint density at radius 2 is 0.928 bits per heavy atom. The van der Waals surface area contributed by atoms with Crippen LogP contribution < -0.4 is 0 Å². The first kappa shape index (κ1) is 56.4. The van der Waals surface area contributed by atoms with Crippen LogP contribution in [0.2, 0.25) is 0 Å². The molecule has 0 fully saturated rings. The third-order valence-corrected chi connectivity index (χ3v) is 17.9. The van der Waals surface area contributed by atoms with E-state index in [1.807, 2.05) is 24.3 Å². The fourth-order valence-electron chi connectivity index (χ4n) is 6.68. The summed E-state index contributed by atoms with van der Waals surface area (Å²) in [6.45, 7) is 11.2. The minimum Gasteiger partial charge on any atom is -0.369 e. The summed E-state index contributed by atoms with van der Waals surface area (Å²) in [5.41, 5.74) is 4.83. The van der Waals surface area contributed by atoms with Gasteiger partial charge in [0, 0.05) is 42.1 Å². The van der Waals surface area contributed by atoms with E-state index in [9.17, 15) is 9.59 Å². The van der Waals surface area contributed by atoms with Gasteiger partial charge in [0.15, 0.2) is 0 Å². The number of terminal acetylenes is 1. The monoisotopic (exact) mass is 1090 g/mol. The van der Waals surface area contributed by atoms with Crippen molar-refractivity contribution in [2.45, 2.75) is 106 Å². The molecule has 8 aromatic rings. The minimum absolute atomic E-state index is 0. The van der Waals surface area contributed by atoms with Gasteiger partial charge in [-0.05, 0) is 113 Å². The summed E-state index contributed by atoms with van der Waals surface area (Å²) in [7, 11) is 0. The Kier molecular flexibility index (Phi) is 24.3. The standard InChI is InChI=1S/C28H24O2S3.C15H20.C13H5BrO2S3.2CH4/c1-3-5-6-7-8-9-20-10-12-21(13-11-20)14-15-22-18-24-27(31-22)28-25(33-24)19-23(32-28)16-17-30-26(29)4-2;1-3-5-6-7-8-9-15-12-10-14(4-2)11-13-15;1-2-11(15)16-4-3-7-5-8-12(17-7)13-9(18-8)6-10(14)19-13;;/h4,10-13,18-19H,2-3,5-9H2,1H3;2,10-13H,3,5-9H2,1H3;2,5-6H,1H2;2*1H4. The first-order valence-electron chi connectivity index (χ1n) is 22.1. The maximum Gasteiger partial charge on any atom is 0.344 e. The average Bonchev–Trinajstić information content (AvgIpc) is 4.20. The minimum atomic E-state index is -0.540. The van der Waals surface area contributed by atoms with Gasteiger partial charge < -0.3 is 9.47 Å². The number of thiophene rings is 6. The summed E-state index contributed by atoms with van der Waals surface area (Å²) >= 11 is 13.7. The van der Waals surface area contributed by atoms with Crippen LogP contribution in [0, 0.1) is 48.2 Å². The number of ether oxygens (including phenoxy) is 2. The fraction of sp³-hybridized carbons (Fsp3) is 0.276. The van der Waals surface area contributed by atoms with Crippen molar-refractivity contribution in [1.82, 2.24) is 0 Å². The number of unbranched alkanes of at least 4 members (excludes halogenated alkanes) is 8. The van der Waals surface area contributed by atoms with Gasteiger partial charge in [-0.1, -0.05) is 135 Å². The van der Waals surface area contributed by atoms with Gasteiger partial charge in [0.1, 0.15) is 12.2 Å². The number of carbonyl (C=O) groups excluding carboxylic acids is 2. The molecule has 0 aliphatic heterocycles. The summed E-state index contributed by atoms with van der Waals surface area (Å²) in [5, 5.41) is 0. The molecule has 4 nitrogen and oxygen atoms in total. The van der Waals surface area contributed by atoms with Crippen molar-refractivity contribution in [2.75, 3.05) is 0 Å². The molecule has 0 amide bonds. The molecule has 0 spiro atoms. The molecule has 0 bridgehead atoms. The third-order valence-electron chi connectivity index (χ3n) is 10.1. The number of rotatable bonds is 14. The highest BCUT2D eigenvalue weighted by Crippen LogP contribution is 2.45. The zero-order chi connectivity index (χ0) is 47.4. The molecule has 0 saturated carbocycles. The molecule has 6 aromatic heterocycles. The summed E-state index contributed by atoms with van der Waals surface area (Å²) in [5.74, 6) is 13.9. The Morgan fingerprint density at radius 1 is 0.536 bits per heavy atom. The van der Waals surface area contributed by atoms with Crippen LogP contribution in [0.4, 0.5) is 0 Å². The highest BCUT2D eigenvalue weighted by Gasteiger charge is 2.13. The summed E-state index contributed by atoms with van der Waals surface area (Å²) < 4.78 is 20.5. The quantitative estimate of drug-likeness (QED) is 0.0471. The Labute approximate surface area is 441 Å². The summed E-state index contributed by atoms with van der Waals surface area (Å²) in [6.07, 6.45) is 27.9. The van der Waals surface area contributed by atoms with Crippen LogP contribution in [0.25, 0.3) is 37.6 Å². The molecule has 11 heteroatoms. The van der Waals surface area contributed by atoms with Crippen LogP contribution in [-0.4, -0.2) is 11.9 Å². The lowest BCUT2D eigenvalue weighted by Gasteiger charge is -2.01. The van der Waals surface area contributed by atoms with Gasteiger partial charge in [0.25, 0.3) is 0 Å². The van der Waals surface area contributed by atoms with E-state index < -0.39 is 11.9 Å². The van der Waals surface area contributed by atoms with Crippen LogP contribution in [0.3, 0.4) is 0 Å². The van der Waals surface area contributed by atoms with Crippen LogP contribution in [0.15, 0.2) is 102 Å². The summed E-state index contributed by atoms with van der Waals surface area (Å²) in [6, 6.07) is 25.4. The molecule has 69 heavy (non-hydrogen) atoms. The molecule has 0 atom stereocenters. The van der Waals surface area contributed by atoms with Gasteiger partial charge in [0.05, 0.1) is 37.2 Å². The summed E-state index contributed by atoms with van der Waals surface area (Å²) in [4.78, 5) is 24.8. The van der Waals surface area contributed by atoms with Crippen LogP contribution in [0.1, 0.15) is 130 Å². The van der Waals surface area contributed by atoms with Gasteiger partial charge in [-0.2, -0.15) is 0 Å². The molecular weight excluding hydrogens is 1030 g/mol. The number of fused-ring (bicyclic) bond motifs is 6. The predicted molar refractivity (Wildman–Crippen MR) is 309 cm³/mol. The normalized spacial score (nSPS) is 10.0. The van der Waals surface area contributed by atoms with E-state index in [1.165, 1.54) is 119 Å². The molecule has 0 aliphatic rings. The Bertz CT molecular complexity index is 3180. The SMILES string of the molecule is C.C.C#Cc1ccc(CCCCCCC)cc1.C=CC(=O)OC#Cc1cc2sc3cc(Br)sc3c2s1.C=CC(=O)OC#Cc1cc2sc3cc(C#Cc4ccc(CCCCCCC)cc4)sc3c2s1. The van der Waals surface area contributed by atoms with E-state index in [2.05, 4.69) is 138 Å². The van der Waals surface area contributed by atoms with Crippen molar-refractivity contribution in [3.05, 3.63) is 139 Å². The number of carbonyl (C=O) groups is 2. The first-order valence-corrected chi connectivity index (χ1v) is 27.8. The van der Waals surface area contributed by atoms with Crippen LogP contribution >= 0.6 is 84.0 Å². The van der Waals surface area contributed by atoms with Crippen molar-refractivity contribution in [2.24, 2.45) is 0 Å². The Hall–Kier alpha value is -5.18. The lowest BCUT2D eigenvalue weighted by molar-refractivity contribution is -0.132. The second-order valence-corrected chi connectivity index (χ2v) is 22.9. The number of hydrogen-bond donors (Lipinski definition) is 0. The van der Waals surface area contributed by atoms with Crippen molar-refractivity contribution >= 4 is 133 Å². The molecule has 0 aliphatic carbocycles. The number of esters is 2. The zero-order valence-electron chi connectivity index (χ0n) is 37.5. The van der Waals surface area contributed by atoms with E-state index in [1.54, 1.807) is 68.0 Å². The van der Waals surface area contributed by atoms with Crippen LogP contribution in [0.5, 0.6) is 0 Å². The molecule has 0 N–H and O–H groups in total. The number of hydrogen-bond acceptors (Lipinski definition) is 10. The van der Waals surface area contributed by atoms with Crippen molar-refractivity contribution < 1.29 is 19.1 Å². The third kappa shape index (κ3) is 17.3. The molecule has 0 radical (unpaired) electrons. The van der Waals surface area contributed by atoms with Crippen LogP contribution in [-0.2, 0) is 31.9 Å². The van der Waals surface area contributed by atoms with Crippen molar-refractivity contribution in [3.63, 3.8) is 0 Å². The molecule has 6 heterocycles. The first-order chi connectivity index (χ1) is 32.7. The molecule has 0 unspecified atom stereocenters. The van der Waals surface area contributed by atoms with Gasteiger partial charge in [-0.25, -0.2) is 9.59 Å². The van der Waals surface area contributed by atoms with Gasteiger partial charge in [-0.15, -0.1) is 74.4 Å². The highest BCUT2D eigenvalue weighted by molar-refractivity contribution is 9.11. The van der Waals surface area contributed by atoms with Gasteiger partial charge >= 0.3 is 11.9 Å². The molecule has 8 rings (SSSR count). The van der Waals surface area contributed by atoms with E-state index in [4.69, 9.17) is 11.2 Å². The van der Waals surface area contributed by atoms with E-state index in [0.717, 1.165) is 48.1 Å². The topological polar surface area (TPSA) is 52.6 Å². The number of benzene rings is 2. The van der Waals surface area contributed by atoms with E-state index >= 15 is 0 Å². The molecule has 2 aromatic carbocycles. The zero-order valence-corrected chi connectivity index (χ0v) is 44.0. The maximum atomic E-state index is 11.1. The second kappa shape index (κ2) is 29.8. The smallest absolute Gasteiger partial charge is 0.344 e. The lowest BCUT2D eigenvalue weighted by Crippen LogP contribution is -1.92. The van der Waals surface area contributed by atoms with Crippen molar-refractivity contribution in [3.8, 4) is 48.2 Å². The average molecular weight is 1090 g/mol. The number of aryl methyl sites for hydroxylation is 2. The van der Waals surface area contributed by atoms with Crippen molar-refractivity contribution in [1.29, 1.82) is 0 Å². The molecule has 356 valence electrons. The highest BCUT2D eigenvalue weighted by atomic mass is 79.9. The van der Waals surface area contributed by atoms with Gasteiger partial charge in [-0.3, -0.25) is 0 Å². The predicted octanol–water partition coefficient (Wildman–Crippen LogP) is 18.6. The maximum absolute atomic E-state index is 11.1. The fourth-order valence-corrected chi connectivity index (χ4v) is 14.9. The number of halogens is 1. The largest absolute Gasteiger partial charge is 0.369 e. The lowest BCUT2D eigenvalue weighted by atomic mass is 10.0. The molecule has 0 saturated heterocycles. The Balaban J connectivity index is 0.000000244. The Morgan fingerprint density at radius 3 is 1.35 bits per heavy atom. The second-order valence-electron chi connectivity index (χ2n) is 15.2. The van der Waals surface area contributed by atoms with E-state index in [-0.39, 0.29) is 14.9 Å². The van der Waals surface area contributed by atoms with E-state index in [0.29, 0.717) is 0 Å². The molecular formula is C58H57BrO4S6. The van der Waals surface area contributed by atoms with Gasteiger partial charge in [0.2, 0.25) is 0 Å².